The Balaban J connectivity index is 2.90. The maximum atomic E-state index is 13.5. The zero-order valence-corrected chi connectivity index (χ0v) is 11.2. The third kappa shape index (κ3) is 3.28. The molecule has 1 rings (SSSR count). The summed E-state index contributed by atoms with van der Waals surface area (Å²) in [6.45, 7) is 1.49. The molecule has 0 aromatic heterocycles. The van der Waals surface area contributed by atoms with Crippen molar-refractivity contribution >= 4 is 11.9 Å². The summed E-state index contributed by atoms with van der Waals surface area (Å²) in [5.41, 5.74) is -0.594. The van der Waals surface area contributed by atoms with Crippen molar-refractivity contribution < 1.29 is 27.5 Å². The van der Waals surface area contributed by atoms with Crippen molar-refractivity contribution in [2.45, 2.75) is 6.92 Å². The van der Waals surface area contributed by atoms with Gasteiger partial charge in [0.05, 0.1) is 18.6 Å². The lowest BCUT2D eigenvalue weighted by Crippen LogP contribution is -2.34. The summed E-state index contributed by atoms with van der Waals surface area (Å²) in [6, 6.07) is 1.53. The monoisotopic (exact) mass is 289 g/mol. The molecule has 0 aliphatic carbocycles. The second-order valence-electron chi connectivity index (χ2n) is 4.33. The minimum absolute atomic E-state index is 0.0378. The maximum Gasteiger partial charge on any atom is 0.310 e. The Morgan fingerprint density at radius 2 is 1.85 bits per heavy atom. The summed E-state index contributed by atoms with van der Waals surface area (Å²) in [7, 11) is 2.53. The van der Waals surface area contributed by atoms with E-state index in [0.717, 1.165) is 11.0 Å². The van der Waals surface area contributed by atoms with Crippen LogP contribution < -0.4 is 0 Å². The molecule has 1 unspecified atom stereocenters. The predicted molar refractivity (Wildman–Crippen MR) is 64.5 cm³/mol. The molecule has 0 N–H and O–H groups in total. The molecule has 0 saturated heterocycles. The molecular formula is C13H14F3NO3. The minimum Gasteiger partial charge on any atom is -0.469 e. The Morgan fingerprint density at radius 3 is 2.40 bits per heavy atom. The first kappa shape index (κ1) is 16.0. The normalized spacial score (nSPS) is 11.9. The number of carbonyl (C=O) groups excluding carboxylic acids is 2. The van der Waals surface area contributed by atoms with E-state index < -0.39 is 40.8 Å². The highest BCUT2D eigenvalue weighted by atomic mass is 19.2. The zero-order valence-electron chi connectivity index (χ0n) is 11.2. The predicted octanol–water partition coefficient (Wildman–Crippen LogP) is 1.98. The van der Waals surface area contributed by atoms with Crippen molar-refractivity contribution in [3.8, 4) is 0 Å². The Bertz CT molecular complexity index is 534. The lowest BCUT2D eigenvalue weighted by atomic mass is 10.1. The molecule has 0 fully saturated rings. The van der Waals surface area contributed by atoms with Crippen LogP contribution in [0.5, 0.6) is 0 Å². The van der Waals surface area contributed by atoms with Crippen LogP contribution in [-0.4, -0.2) is 37.5 Å². The molecule has 0 heterocycles. The van der Waals surface area contributed by atoms with E-state index in [2.05, 4.69) is 4.74 Å². The number of benzene rings is 1. The summed E-state index contributed by atoms with van der Waals surface area (Å²) in [5.74, 6) is -6.63. The fourth-order valence-electron chi connectivity index (χ4n) is 1.67. The molecule has 7 heteroatoms. The number of amides is 1. The van der Waals surface area contributed by atoms with Crippen LogP contribution in [0, 0.1) is 23.4 Å². The molecule has 1 aromatic carbocycles. The molecule has 1 atom stereocenters. The first-order chi connectivity index (χ1) is 9.29. The van der Waals surface area contributed by atoms with Gasteiger partial charge in [-0.25, -0.2) is 13.2 Å². The number of rotatable bonds is 4. The average Bonchev–Trinajstić information content (AvgIpc) is 2.43. The average molecular weight is 289 g/mol. The topological polar surface area (TPSA) is 46.6 Å². The maximum absolute atomic E-state index is 13.5. The number of nitrogens with zero attached hydrogens (tertiary/aromatic N) is 1. The lowest BCUT2D eigenvalue weighted by Gasteiger charge is -2.20. The SMILES string of the molecule is COC(=O)C(C)CN(C)C(=O)c1ccc(F)c(F)c1F. The van der Waals surface area contributed by atoms with Gasteiger partial charge in [-0.2, -0.15) is 0 Å². The number of methoxy groups -OCH3 is 1. The van der Waals surface area contributed by atoms with E-state index in [1.54, 1.807) is 0 Å². The lowest BCUT2D eigenvalue weighted by molar-refractivity contribution is -0.145. The molecule has 4 nitrogen and oxygen atoms in total. The largest absolute Gasteiger partial charge is 0.469 e. The smallest absolute Gasteiger partial charge is 0.310 e. The van der Waals surface area contributed by atoms with Crippen molar-refractivity contribution in [1.29, 1.82) is 0 Å². The Labute approximate surface area is 114 Å². The van der Waals surface area contributed by atoms with Crippen LogP contribution >= 0.6 is 0 Å². The first-order valence-electron chi connectivity index (χ1n) is 5.76. The molecule has 0 saturated carbocycles. The van der Waals surface area contributed by atoms with Crippen molar-refractivity contribution in [2.24, 2.45) is 5.92 Å². The fourth-order valence-corrected chi connectivity index (χ4v) is 1.67. The molecule has 1 aromatic rings. The third-order valence-electron chi connectivity index (χ3n) is 2.76. The van der Waals surface area contributed by atoms with E-state index in [1.165, 1.54) is 21.1 Å². The first-order valence-corrected chi connectivity index (χ1v) is 5.76. The van der Waals surface area contributed by atoms with Gasteiger partial charge in [-0.3, -0.25) is 9.59 Å². The van der Waals surface area contributed by atoms with Crippen LogP contribution in [-0.2, 0) is 9.53 Å². The van der Waals surface area contributed by atoms with E-state index in [9.17, 15) is 22.8 Å². The Hall–Kier alpha value is -2.05. The standard InChI is InChI=1S/C13H14F3NO3/c1-7(13(19)20-3)6-17(2)12(18)8-4-5-9(14)11(16)10(8)15/h4-5,7H,6H2,1-3H3. The van der Waals surface area contributed by atoms with Crippen LogP contribution in [0.1, 0.15) is 17.3 Å². The van der Waals surface area contributed by atoms with E-state index >= 15 is 0 Å². The Morgan fingerprint density at radius 1 is 1.25 bits per heavy atom. The van der Waals surface area contributed by atoms with Gasteiger partial charge >= 0.3 is 5.97 Å². The molecule has 0 radical (unpaired) electrons. The second-order valence-corrected chi connectivity index (χ2v) is 4.33. The minimum atomic E-state index is -1.70. The number of hydrogen-bond acceptors (Lipinski definition) is 3. The van der Waals surface area contributed by atoms with E-state index in [0.29, 0.717) is 6.07 Å². The van der Waals surface area contributed by atoms with Crippen LogP contribution in [0.25, 0.3) is 0 Å². The van der Waals surface area contributed by atoms with E-state index in [4.69, 9.17) is 0 Å². The number of esters is 1. The van der Waals surface area contributed by atoms with Gasteiger partial charge in [0, 0.05) is 13.6 Å². The molecule has 0 aliphatic rings. The van der Waals surface area contributed by atoms with Gasteiger partial charge in [0.15, 0.2) is 17.5 Å². The van der Waals surface area contributed by atoms with Crippen molar-refractivity contribution in [3.63, 3.8) is 0 Å². The summed E-state index contributed by atoms with van der Waals surface area (Å²) >= 11 is 0. The third-order valence-corrected chi connectivity index (χ3v) is 2.76. The molecule has 20 heavy (non-hydrogen) atoms. The molecular weight excluding hydrogens is 275 g/mol. The number of hydrogen-bond donors (Lipinski definition) is 0. The van der Waals surface area contributed by atoms with Crippen molar-refractivity contribution in [2.75, 3.05) is 20.7 Å². The van der Waals surface area contributed by atoms with Crippen LogP contribution in [0.4, 0.5) is 13.2 Å². The van der Waals surface area contributed by atoms with Crippen LogP contribution in [0.15, 0.2) is 12.1 Å². The Kier molecular flexibility index (Phi) is 5.12. The van der Waals surface area contributed by atoms with Gasteiger partial charge in [0.25, 0.3) is 5.91 Å². The summed E-state index contributed by atoms with van der Waals surface area (Å²) < 4.78 is 43.8. The molecule has 1 amide bonds. The molecule has 0 spiro atoms. The highest BCUT2D eigenvalue weighted by Crippen LogP contribution is 2.17. The van der Waals surface area contributed by atoms with Gasteiger partial charge in [-0.15, -0.1) is 0 Å². The van der Waals surface area contributed by atoms with Crippen molar-refractivity contribution in [1.82, 2.24) is 4.90 Å². The summed E-state index contributed by atoms with van der Waals surface area (Å²) in [5, 5.41) is 0. The van der Waals surface area contributed by atoms with Gasteiger partial charge in [0.2, 0.25) is 0 Å². The summed E-state index contributed by atoms with van der Waals surface area (Å²) in [4.78, 5) is 24.2. The molecule has 110 valence electrons. The van der Waals surface area contributed by atoms with E-state index in [-0.39, 0.29) is 6.54 Å². The van der Waals surface area contributed by atoms with Gasteiger partial charge < -0.3 is 9.64 Å². The number of ether oxygens (including phenoxy) is 1. The number of halogens is 3. The summed E-state index contributed by atoms with van der Waals surface area (Å²) in [6.07, 6.45) is 0. The second kappa shape index (κ2) is 6.40. The number of carbonyl (C=O) groups is 2. The highest BCUT2D eigenvalue weighted by molar-refractivity contribution is 5.94. The molecule has 0 aliphatic heterocycles. The van der Waals surface area contributed by atoms with Gasteiger partial charge in [-0.05, 0) is 12.1 Å². The molecule has 0 bridgehead atoms. The van der Waals surface area contributed by atoms with Gasteiger partial charge in [-0.1, -0.05) is 6.92 Å². The highest BCUT2D eigenvalue weighted by Gasteiger charge is 2.24. The van der Waals surface area contributed by atoms with Crippen LogP contribution in [0.3, 0.4) is 0 Å². The van der Waals surface area contributed by atoms with Gasteiger partial charge in [0.1, 0.15) is 0 Å². The van der Waals surface area contributed by atoms with Crippen molar-refractivity contribution in [3.05, 3.63) is 35.1 Å². The van der Waals surface area contributed by atoms with Crippen LogP contribution in [0.2, 0.25) is 0 Å². The zero-order chi connectivity index (χ0) is 15.4. The quantitative estimate of drug-likeness (QED) is 0.629. The van der Waals surface area contributed by atoms with E-state index in [1.807, 2.05) is 0 Å². The fraction of sp³-hybridized carbons (Fsp3) is 0.385.